The zero-order valence-corrected chi connectivity index (χ0v) is 17.1. The first-order chi connectivity index (χ1) is 12.6. The highest BCUT2D eigenvalue weighted by atomic mass is 32.2. The van der Waals surface area contributed by atoms with Crippen LogP contribution < -0.4 is 0 Å². The Morgan fingerprint density at radius 2 is 2.07 bits per heavy atom. The van der Waals surface area contributed by atoms with E-state index in [-0.39, 0.29) is 30.5 Å². The minimum Gasteiger partial charge on any atom is -0.348 e. The SMILES string of the molecule is CCn1nccc1C(=O)N1CC[C@H]2N(C)S(=O)(=O)CC[C@]2(C(=O)N(C)C)C1. The number of nitrogens with zero attached hydrogens (tertiary/aromatic N) is 5. The summed E-state index contributed by atoms with van der Waals surface area (Å²) < 4.78 is 27.7. The van der Waals surface area contributed by atoms with Crippen molar-refractivity contribution in [3.63, 3.8) is 0 Å². The predicted octanol–water partition coefficient (Wildman–Crippen LogP) is -0.143. The van der Waals surface area contributed by atoms with Crippen LogP contribution in [0.2, 0.25) is 0 Å². The molecular formula is C17H27N5O4S. The zero-order valence-electron chi connectivity index (χ0n) is 16.3. The molecule has 0 aromatic carbocycles. The van der Waals surface area contributed by atoms with Gasteiger partial charge in [-0.2, -0.15) is 5.10 Å². The largest absolute Gasteiger partial charge is 0.348 e. The van der Waals surface area contributed by atoms with E-state index in [0.29, 0.717) is 25.2 Å². The Morgan fingerprint density at radius 1 is 1.37 bits per heavy atom. The van der Waals surface area contributed by atoms with Crippen molar-refractivity contribution in [1.29, 1.82) is 0 Å². The molecule has 1 aromatic rings. The fourth-order valence-corrected chi connectivity index (χ4v) is 5.97. The van der Waals surface area contributed by atoms with Gasteiger partial charge in [-0.25, -0.2) is 12.7 Å². The number of aromatic nitrogens is 2. The van der Waals surface area contributed by atoms with E-state index in [2.05, 4.69) is 5.10 Å². The average Bonchev–Trinajstić information content (AvgIpc) is 3.12. The van der Waals surface area contributed by atoms with Crippen LogP contribution in [0.5, 0.6) is 0 Å². The van der Waals surface area contributed by atoms with Crippen LogP contribution in [-0.2, 0) is 21.4 Å². The van der Waals surface area contributed by atoms with Gasteiger partial charge < -0.3 is 9.80 Å². The summed E-state index contributed by atoms with van der Waals surface area (Å²) in [4.78, 5) is 29.4. The molecule has 0 aliphatic carbocycles. The van der Waals surface area contributed by atoms with Crippen molar-refractivity contribution in [2.75, 3.05) is 40.0 Å². The molecule has 3 heterocycles. The molecule has 2 aliphatic rings. The number of piperidine rings is 1. The summed E-state index contributed by atoms with van der Waals surface area (Å²) in [6.07, 6.45) is 2.24. The molecule has 10 heteroatoms. The van der Waals surface area contributed by atoms with Crippen molar-refractivity contribution in [2.24, 2.45) is 5.41 Å². The van der Waals surface area contributed by atoms with Crippen LogP contribution in [0.25, 0.3) is 0 Å². The Labute approximate surface area is 159 Å². The Kier molecular flexibility index (Phi) is 5.06. The van der Waals surface area contributed by atoms with Crippen LogP contribution >= 0.6 is 0 Å². The second kappa shape index (κ2) is 6.90. The number of rotatable bonds is 3. The normalized spacial score (nSPS) is 27.9. The monoisotopic (exact) mass is 397 g/mol. The lowest BCUT2D eigenvalue weighted by Crippen LogP contribution is -2.67. The molecule has 2 aliphatic heterocycles. The summed E-state index contributed by atoms with van der Waals surface area (Å²) >= 11 is 0. The van der Waals surface area contributed by atoms with E-state index in [1.54, 1.807) is 43.0 Å². The first-order valence-corrected chi connectivity index (χ1v) is 10.7. The second-order valence-corrected chi connectivity index (χ2v) is 9.65. The molecule has 27 heavy (non-hydrogen) atoms. The number of carbonyl (C=O) groups excluding carboxylic acids is 2. The first kappa shape index (κ1) is 19.8. The van der Waals surface area contributed by atoms with Gasteiger partial charge >= 0.3 is 0 Å². The molecule has 2 saturated heterocycles. The Morgan fingerprint density at radius 3 is 2.70 bits per heavy atom. The van der Waals surface area contributed by atoms with Gasteiger partial charge in [-0.15, -0.1) is 0 Å². The van der Waals surface area contributed by atoms with E-state index in [1.165, 1.54) is 9.21 Å². The molecule has 0 spiro atoms. The molecular weight excluding hydrogens is 370 g/mol. The molecule has 0 bridgehead atoms. The van der Waals surface area contributed by atoms with Crippen molar-refractivity contribution < 1.29 is 18.0 Å². The van der Waals surface area contributed by atoms with E-state index in [0.717, 1.165) is 0 Å². The fraction of sp³-hybridized carbons (Fsp3) is 0.706. The Hall–Kier alpha value is -1.94. The molecule has 2 atom stereocenters. The number of fused-ring (bicyclic) bond motifs is 1. The third-order valence-electron chi connectivity index (χ3n) is 5.82. The summed E-state index contributed by atoms with van der Waals surface area (Å²) in [6.45, 7) is 3.10. The van der Waals surface area contributed by atoms with Gasteiger partial charge in [0.25, 0.3) is 5.91 Å². The van der Waals surface area contributed by atoms with Crippen LogP contribution in [0.3, 0.4) is 0 Å². The fourth-order valence-electron chi connectivity index (χ4n) is 4.37. The van der Waals surface area contributed by atoms with Crippen molar-refractivity contribution in [3.05, 3.63) is 18.0 Å². The number of aryl methyl sites for hydroxylation is 1. The molecule has 0 saturated carbocycles. The van der Waals surface area contributed by atoms with E-state index in [1.807, 2.05) is 6.92 Å². The standard InChI is InChI=1S/C17H27N5O4S/c1-5-22-13(6-9-18-22)15(23)21-10-7-14-17(12-21,16(24)19(2)3)8-11-27(25,26)20(14)4/h6,9,14H,5,7-8,10-12H2,1-4H3/t14-,17+/m1/s1. The lowest BCUT2D eigenvalue weighted by molar-refractivity contribution is -0.147. The summed E-state index contributed by atoms with van der Waals surface area (Å²) in [5.41, 5.74) is -0.436. The molecule has 2 amide bonds. The average molecular weight is 398 g/mol. The van der Waals surface area contributed by atoms with Crippen molar-refractivity contribution in [1.82, 2.24) is 23.9 Å². The highest BCUT2D eigenvalue weighted by molar-refractivity contribution is 7.89. The van der Waals surface area contributed by atoms with E-state index < -0.39 is 21.5 Å². The summed E-state index contributed by atoms with van der Waals surface area (Å²) in [5.74, 6) is -0.389. The van der Waals surface area contributed by atoms with Gasteiger partial charge in [0.1, 0.15) is 5.69 Å². The predicted molar refractivity (Wildman–Crippen MR) is 99.5 cm³/mol. The molecule has 0 N–H and O–H groups in total. The first-order valence-electron chi connectivity index (χ1n) is 9.12. The Bertz CT molecular complexity index is 849. The number of hydrogen-bond acceptors (Lipinski definition) is 5. The third kappa shape index (κ3) is 3.14. The molecule has 0 radical (unpaired) electrons. The number of carbonyl (C=O) groups is 2. The number of likely N-dealkylation sites (tertiary alicyclic amines) is 1. The molecule has 9 nitrogen and oxygen atoms in total. The molecule has 150 valence electrons. The van der Waals surface area contributed by atoms with Gasteiger partial charge in [0, 0.05) is 53.0 Å². The van der Waals surface area contributed by atoms with Crippen LogP contribution in [0, 0.1) is 5.41 Å². The quantitative estimate of drug-likeness (QED) is 0.707. The van der Waals surface area contributed by atoms with Gasteiger partial charge in [-0.05, 0) is 25.8 Å². The minimum atomic E-state index is -3.38. The smallest absolute Gasteiger partial charge is 0.272 e. The summed E-state index contributed by atoms with van der Waals surface area (Å²) in [5, 5.41) is 4.15. The number of sulfonamides is 1. The van der Waals surface area contributed by atoms with E-state index in [4.69, 9.17) is 0 Å². The van der Waals surface area contributed by atoms with Gasteiger partial charge in [-0.3, -0.25) is 14.3 Å². The van der Waals surface area contributed by atoms with Crippen LogP contribution in [-0.4, -0.2) is 90.1 Å². The van der Waals surface area contributed by atoms with Crippen molar-refractivity contribution >= 4 is 21.8 Å². The summed E-state index contributed by atoms with van der Waals surface area (Å²) in [6, 6.07) is 1.24. The van der Waals surface area contributed by atoms with Crippen LogP contribution in [0.4, 0.5) is 0 Å². The van der Waals surface area contributed by atoms with Crippen LogP contribution in [0.1, 0.15) is 30.3 Å². The lowest BCUT2D eigenvalue weighted by Gasteiger charge is -2.53. The molecule has 3 rings (SSSR count). The van der Waals surface area contributed by atoms with Crippen molar-refractivity contribution in [2.45, 2.75) is 32.4 Å². The van der Waals surface area contributed by atoms with Gasteiger partial charge in [0.15, 0.2) is 0 Å². The highest BCUT2D eigenvalue weighted by Crippen LogP contribution is 2.43. The Balaban J connectivity index is 1.96. The van der Waals surface area contributed by atoms with E-state index in [9.17, 15) is 18.0 Å². The second-order valence-electron chi connectivity index (χ2n) is 7.50. The maximum atomic E-state index is 13.1. The topological polar surface area (TPSA) is 95.8 Å². The summed E-state index contributed by atoms with van der Waals surface area (Å²) in [7, 11) is 1.51. The maximum absolute atomic E-state index is 13.1. The lowest BCUT2D eigenvalue weighted by atomic mass is 9.72. The van der Waals surface area contributed by atoms with E-state index >= 15 is 0 Å². The zero-order chi connectivity index (χ0) is 20.0. The van der Waals surface area contributed by atoms with Gasteiger partial charge in [0.2, 0.25) is 15.9 Å². The minimum absolute atomic E-state index is 0.0888. The van der Waals surface area contributed by atoms with Crippen molar-refractivity contribution in [3.8, 4) is 0 Å². The third-order valence-corrected chi connectivity index (χ3v) is 7.67. The highest BCUT2D eigenvalue weighted by Gasteiger charge is 2.57. The number of hydrogen-bond donors (Lipinski definition) is 0. The number of amides is 2. The molecule has 1 aromatic heterocycles. The molecule has 2 fully saturated rings. The van der Waals surface area contributed by atoms with Gasteiger partial charge in [0.05, 0.1) is 11.2 Å². The molecule has 0 unspecified atom stereocenters. The van der Waals surface area contributed by atoms with Gasteiger partial charge in [-0.1, -0.05) is 0 Å². The maximum Gasteiger partial charge on any atom is 0.272 e. The van der Waals surface area contributed by atoms with Crippen LogP contribution in [0.15, 0.2) is 12.3 Å².